The van der Waals surface area contributed by atoms with Crippen molar-refractivity contribution in [3.05, 3.63) is 70.3 Å². The number of benzene rings is 3. The van der Waals surface area contributed by atoms with Crippen LogP contribution in [0.1, 0.15) is 0 Å². The van der Waals surface area contributed by atoms with Gasteiger partial charge in [-0.2, -0.15) is 0 Å². The van der Waals surface area contributed by atoms with Gasteiger partial charge in [-0.15, -0.1) is 0 Å². The van der Waals surface area contributed by atoms with Crippen LogP contribution in [0.15, 0.2) is 91.2 Å². The normalized spacial score (nSPS) is 13.3. The van der Waals surface area contributed by atoms with E-state index in [4.69, 9.17) is 4.74 Å². The first-order chi connectivity index (χ1) is 11.3. The second kappa shape index (κ2) is 6.42. The standard InChI is InChI=1S/C19H14IOS2/c1-21-15-11-10-13(12-14(15)20)23-18-8-4-2-6-16(18)22-17-7-3-5-9-19(17)23/h2-12H,1H3/q+1. The highest BCUT2D eigenvalue weighted by Crippen LogP contribution is 2.48. The third-order valence-corrected chi connectivity index (χ3v) is 8.29. The zero-order valence-electron chi connectivity index (χ0n) is 12.5. The minimum Gasteiger partial charge on any atom is -0.496 e. The van der Waals surface area contributed by atoms with Gasteiger partial charge in [-0.1, -0.05) is 36.0 Å². The summed E-state index contributed by atoms with van der Waals surface area (Å²) in [6.07, 6.45) is 0. The van der Waals surface area contributed by atoms with Gasteiger partial charge in [0, 0.05) is 6.07 Å². The predicted molar refractivity (Wildman–Crippen MR) is 105 cm³/mol. The van der Waals surface area contributed by atoms with Crippen molar-refractivity contribution in [2.45, 2.75) is 24.5 Å². The van der Waals surface area contributed by atoms with Gasteiger partial charge in [0.05, 0.1) is 20.5 Å². The molecule has 0 saturated heterocycles. The topological polar surface area (TPSA) is 9.23 Å². The third-order valence-electron chi connectivity index (χ3n) is 3.72. The molecule has 0 fully saturated rings. The summed E-state index contributed by atoms with van der Waals surface area (Å²) in [6, 6.07) is 24.0. The van der Waals surface area contributed by atoms with Gasteiger partial charge in [-0.05, 0) is 59.0 Å². The van der Waals surface area contributed by atoms with Crippen molar-refractivity contribution in [2.75, 3.05) is 7.11 Å². The molecule has 0 spiro atoms. The average molecular weight is 449 g/mol. The van der Waals surface area contributed by atoms with Crippen molar-refractivity contribution < 1.29 is 4.74 Å². The molecule has 0 bridgehead atoms. The molecular weight excluding hydrogens is 435 g/mol. The molecule has 4 heteroatoms. The van der Waals surface area contributed by atoms with Crippen LogP contribution in [0.2, 0.25) is 0 Å². The first-order valence-corrected chi connectivity index (χ1v) is 10.3. The van der Waals surface area contributed by atoms with E-state index in [-0.39, 0.29) is 10.9 Å². The second-order valence-corrected chi connectivity index (χ2v) is 9.31. The van der Waals surface area contributed by atoms with Gasteiger partial charge in [0.25, 0.3) is 0 Å². The lowest BCUT2D eigenvalue weighted by Crippen LogP contribution is -2.11. The molecule has 1 aliphatic heterocycles. The Morgan fingerprint density at radius 2 is 1.48 bits per heavy atom. The van der Waals surface area contributed by atoms with Crippen molar-refractivity contribution in [1.29, 1.82) is 0 Å². The van der Waals surface area contributed by atoms with E-state index in [2.05, 4.69) is 89.3 Å². The Labute approximate surface area is 156 Å². The maximum absolute atomic E-state index is 5.42. The minimum absolute atomic E-state index is 0.0596. The van der Waals surface area contributed by atoms with Crippen LogP contribution in [0.4, 0.5) is 0 Å². The van der Waals surface area contributed by atoms with E-state index < -0.39 is 0 Å². The molecule has 0 aromatic heterocycles. The summed E-state index contributed by atoms with van der Waals surface area (Å²) in [7, 11) is 1.66. The minimum atomic E-state index is -0.0596. The van der Waals surface area contributed by atoms with E-state index in [0.29, 0.717) is 0 Å². The molecule has 0 unspecified atom stereocenters. The summed E-state index contributed by atoms with van der Waals surface area (Å²) < 4.78 is 6.57. The van der Waals surface area contributed by atoms with E-state index >= 15 is 0 Å². The van der Waals surface area contributed by atoms with Crippen LogP contribution in [0.3, 0.4) is 0 Å². The molecule has 1 aliphatic rings. The van der Waals surface area contributed by atoms with Crippen LogP contribution < -0.4 is 4.74 Å². The number of halogens is 1. The van der Waals surface area contributed by atoms with Gasteiger partial charge in [0.2, 0.25) is 0 Å². The summed E-state index contributed by atoms with van der Waals surface area (Å²) in [6.45, 7) is 0. The largest absolute Gasteiger partial charge is 0.496 e. The monoisotopic (exact) mass is 449 g/mol. The van der Waals surface area contributed by atoms with Gasteiger partial charge in [-0.3, -0.25) is 0 Å². The quantitative estimate of drug-likeness (QED) is 0.280. The zero-order valence-corrected chi connectivity index (χ0v) is 16.2. The fourth-order valence-corrected chi connectivity index (χ4v) is 7.39. The van der Waals surface area contributed by atoms with Crippen molar-refractivity contribution in [1.82, 2.24) is 0 Å². The Morgan fingerprint density at radius 1 is 0.870 bits per heavy atom. The van der Waals surface area contributed by atoms with Crippen LogP contribution in [-0.2, 0) is 10.9 Å². The summed E-state index contributed by atoms with van der Waals surface area (Å²) >= 11 is 4.23. The molecule has 3 aromatic rings. The van der Waals surface area contributed by atoms with E-state index in [9.17, 15) is 0 Å². The van der Waals surface area contributed by atoms with E-state index in [1.54, 1.807) is 7.11 Å². The molecule has 0 saturated carbocycles. The maximum Gasteiger partial charge on any atom is 0.180 e. The Balaban J connectivity index is 1.92. The number of ether oxygens (including phenoxy) is 1. The highest BCUT2D eigenvalue weighted by Gasteiger charge is 2.37. The summed E-state index contributed by atoms with van der Waals surface area (Å²) in [4.78, 5) is 6.89. The smallest absolute Gasteiger partial charge is 0.180 e. The summed E-state index contributed by atoms with van der Waals surface area (Å²) in [5, 5.41) is 0. The summed E-state index contributed by atoms with van der Waals surface area (Å²) in [5.41, 5.74) is 0. The first-order valence-electron chi connectivity index (χ1n) is 7.21. The third kappa shape index (κ3) is 2.77. The molecular formula is C19H14IOS2+. The second-order valence-electron chi connectivity index (χ2n) is 5.10. The van der Waals surface area contributed by atoms with Crippen molar-refractivity contribution in [3.8, 4) is 5.75 Å². The SMILES string of the molecule is COc1ccc([S+]2c3ccccc3Sc3ccccc32)cc1I. The van der Waals surface area contributed by atoms with E-state index in [0.717, 1.165) is 9.32 Å². The fourth-order valence-electron chi connectivity index (χ4n) is 2.67. The number of hydrogen-bond acceptors (Lipinski definition) is 2. The lowest BCUT2D eigenvalue weighted by Gasteiger charge is -2.19. The Kier molecular flexibility index (Phi) is 4.30. The maximum atomic E-state index is 5.42. The van der Waals surface area contributed by atoms with Gasteiger partial charge in [-0.25, -0.2) is 0 Å². The zero-order chi connectivity index (χ0) is 15.8. The Morgan fingerprint density at radius 3 is 2.04 bits per heavy atom. The van der Waals surface area contributed by atoms with E-state index in [1.165, 1.54) is 24.5 Å². The van der Waals surface area contributed by atoms with Crippen LogP contribution in [0.5, 0.6) is 5.75 Å². The number of hydrogen-bond donors (Lipinski definition) is 0. The fraction of sp³-hybridized carbons (Fsp3) is 0.0526. The van der Waals surface area contributed by atoms with Crippen LogP contribution in [-0.4, -0.2) is 7.11 Å². The molecule has 4 rings (SSSR count). The number of methoxy groups -OCH3 is 1. The molecule has 1 heterocycles. The molecule has 1 nitrogen and oxygen atoms in total. The lowest BCUT2D eigenvalue weighted by molar-refractivity contribution is 0.411. The first kappa shape index (κ1) is 15.4. The van der Waals surface area contributed by atoms with E-state index in [1.807, 2.05) is 11.8 Å². The number of fused-ring (bicyclic) bond motifs is 2. The molecule has 0 amide bonds. The van der Waals surface area contributed by atoms with Gasteiger partial charge in [0.1, 0.15) is 16.6 Å². The van der Waals surface area contributed by atoms with Gasteiger partial charge < -0.3 is 4.74 Å². The molecule has 3 aromatic carbocycles. The average Bonchev–Trinajstić information content (AvgIpc) is 2.59. The molecule has 0 atom stereocenters. The van der Waals surface area contributed by atoms with Crippen LogP contribution >= 0.6 is 34.4 Å². The predicted octanol–water partition coefficient (Wildman–Crippen LogP) is 5.86. The molecule has 114 valence electrons. The molecule has 23 heavy (non-hydrogen) atoms. The molecule has 0 aliphatic carbocycles. The highest BCUT2D eigenvalue weighted by molar-refractivity contribution is 14.1. The van der Waals surface area contributed by atoms with Crippen LogP contribution in [0.25, 0.3) is 0 Å². The van der Waals surface area contributed by atoms with Gasteiger partial charge >= 0.3 is 0 Å². The summed E-state index contributed by atoms with van der Waals surface area (Å²) in [5.74, 6) is 0.936. The van der Waals surface area contributed by atoms with Crippen molar-refractivity contribution >= 4 is 45.2 Å². The van der Waals surface area contributed by atoms with Crippen molar-refractivity contribution in [2.24, 2.45) is 0 Å². The molecule has 0 radical (unpaired) electrons. The lowest BCUT2D eigenvalue weighted by atomic mass is 10.3. The number of rotatable bonds is 2. The van der Waals surface area contributed by atoms with Crippen molar-refractivity contribution in [3.63, 3.8) is 0 Å². The highest BCUT2D eigenvalue weighted by atomic mass is 127. The Hall–Kier alpha value is -1.11. The van der Waals surface area contributed by atoms with Gasteiger partial charge in [0.15, 0.2) is 14.7 Å². The Bertz CT molecular complexity index is 833. The molecule has 0 N–H and O–H groups in total. The van der Waals surface area contributed by atoms with Crippen LogP contribution in [0, 0.1) is 3.57 Å².